The van der Waals surface area contributed by atoms with E-state index < -0.39 is 0 Å². The van der Waals surface area contributed by atoms with Crippen LogP contribution in [0.1, 0.15) is 40.8 Å². The standard InChI is InChI=1S/C19H18N4/c1-12-5-3-7-22-10-16(20-18(12)22)14-9-15(14)17-11-23-8-4-6-13(2)19(23)21-17/h3-8,10-11,14-15H,9H2,1-2H3. The van der Waals surface area contributed by atoms with E-state index in [4.69, 9.17) is 9.97 Å². The van der Waals surface area contributed by atoms with Crippen molar-refractivity contribution in [2.75, 3.05) is 0 Å². The number of aromatic nitrogens is 4. The van der Waals surface area contributed by atoms with Gasteiger partial charge in [-0.1, -0.05) is 12.1 Å². The first-order valence-corrected chi connectivity index (χ1v) is 8.09. The molecule has 4 heterocycles. The second-order valence-corrected chi connectivity index (χ2v) is 6.62. The molecule has 2 unspecified atom stereocenters. The zero-order valence-corrected chi connectivity index (χ0v) is 13.3. The first-order chi connectivity index (χ1) is 11.2. The minimum atomic E-state index is 0.500. The van der Waals surface area contributed by atoms with Gasteiger partial charge in [0.05, 0.1) is 11.4 Å². The molecule has 5 rings (SSSR count). The van der Waals surface area contributed by atoms with Gasteiger partial charge in [-0.05, 0) is 43.5 Å². The molecule has 23 heavy (non-hydrogen) atoms. The third kappa shape index (κ3) is 1.91. The van der Waals surface area contributed by atoms with Gasteiger partial charge in [0.15, 0.2) is 0 Å². The van der Waals surface area contributed by atoms with Gasteiger partial charge in [-0.25, -0.2) is 9.97 Å². The molecule has 1 saturated carbocycles. The van der Waals surface area contributed by atoms with Crippen molar-refractivity contribution in [2.45, 2.75) is 32.1 Å². The minimum Gasteiger partial charge on any atom is -0.307 e. The van der Waals surface area contributed by atoms with E-state index in [0.717, 1.165) is 17.7 Å². The number of hydrogen-bond donors (Lipinski definition) is 0. The number of hydrogen-bond acceptors (Lipinski definition) is 2. The first kappa shape index (κ1) is 12.9. The van der Waals surface area contributed by atoms with Crippen LogP contribution in [0.15, 0.2) is 49.1 Å². The molecule has 0 spiro atoms. The van der Waals surface area contributed by atoms with E-state index in [1.54, 1.807) is 0 Å². The average Bonchev–Trinajstić information content (AvgIpc) is 3.02. The van der Waals surface area contributed by atoms with Crippen LogP contribution in [0, 0.1) is 13.8 Å². The Morgan fingerprint density at radius 2 is 1.30 bits per heavy atom. The molecule has 4 aromatic heterocycles. The Hall–Kier alpha value is -2.62. The SMILES string of the molecule is Cc1cccn2cc(C3CC3c3cn4cccc(C)c4n3)nc12. The lowest BCUT2D eigenvalue weighted by Crippen LogP contribution is -1.85. The molecule has 0 aliphatic heterocycles. The molecule has 0 aromatic carbocycles. The second-order valence-electron chi connectivity index (χ2n) is 6.62. The van der Waals surface area contributed by atoms with Crippen molar-refractivity contribution in [3.05, 3.63) is 71.6 Å². The molecule has 4 heteroatoms. The first-order valence-electron chi connectivity index (χ1n) is 8.09. The van der Waals surface area contributed by atoms with Crippen molar-refractivity contribution in [2.24, 2.45) is 0 Å². The van der Waals surface area contributed by atoms with E-state index in [2.05, 4.69) is 71.7 Å². The number of imidazole rings is 2. The summed E-state index contributed by atoms with van der Waals surface area (Å²) in [5.74, 6) is 0.999. The van der Waals surface area contributed by atoms with Crippen molar-refractivity contribution in [3.63, 3.8) is 0 Å². The molecule has 4 nitrogen and oxygen atoms in total. The van der Waals surface area contributed by atoms with E-state index in [9.17, 15) is 0 Å². The van der Waals surface area contributed by atoms with Gasteiger partial charge in [0.2, 0.25) is 0 Å². The zero-order valence-electron chi connectivity index (χ0n) is 13.3. The summed E-state index contributed by atoms with van der Waals surface area (Å²) >= 11 is 0. The molecule has 4 aromatic rings. The molecule has 0 bridgehead atoms. The average molecular weight is 302 g/mol. The van der Waals surface area contributed by atoms with Crippen LogP contribution in [0.3, 0.4) is 0 Å². The predicted molar refractivity (Wildman–Crippen MR) is 90.0 cm³/mol. The molecule has 0 radical (unpaired) electrons. The topological polar surface area (TPSA) is 34.6 Å². The van der Waals surface area contributed by atoms with Gasteiger partial charge in [-0.2, -0.15) is 0 Å². The van der Waals surface area contributed by atoms with Crippen molar-refractivity contribution < 1.29 is 0 Å². The second kappa shape index (κ2) is 4.44. The summed E-state index contributed by atoms with van der Waals surface area (Å²) in [6, 6.07) is 8.37. The summed E-state index contributed by atoms with van der Waals surface area (Å²) in [5.41, 5.74) is 6.97. The fourth-order valence-corrected chi connectivity index (χ4v) is 3.55. The van der Waals surface area contributed by atoms with Gasteiger partial charge in [0.1, 0.15) is 11.3 Å². The maximum absolute atomic E-state index is 4.85. The normalized spacial score (nSPS) is 20.4. The van der Waals surface area contributed by atoms with Gasteiger partial charge in [0, 0.05) is 36.6 Å². The number of fused-ring (bicyclic) bond motifs is 2. The molecular formula is C19H18N4. The summed E-state index contributed by atoms with van der Waals surface area (Å²) in [7, 11) is 0. The highest BCUT2D eigenvalue weighted by Crippen LogP contribution is 2.53. The van der Waals surface area contributed by atoms with Crippen molar-refractivity contribution in [3.8, 4) is 0 Å². The number of rotatable bonds is 2. The largest absolute Gasteiger partial charge is 0.307 e. The van der Waals surface area contributed by atoms with Crippen LogP contribution >= 0.6 is 0 Å². The highest BCUT2D eigenvalue weighted by atomic mass is 15.0. The summed E-state index contributed by atoms with van der Waals surface area (Å²) in [4.78, 5) is 9.70. The summed E-state index contributed by atoms with van der Waals surface area (Å²) < 4.78 is 4.27. The van der Waals surface area contributed by atoms with Gasteiger partial charge in [-0.15, -0.1) is 0 Å². The third-order valence-corrected chi connectivity index (χ3v) is 4.94. The highest BCUT2D eigenvalue weighted by Gasteiger charge is 2.43. The lowest BCUT2D eigenvalue weighted by molar-refractivity contribution is 0.957. The molecule has 0 amide bonds. The predicted octanol–water partition coefficient (Wildman–Crippen LogP) is 3.87. The van der Waals surface area contributed by atoms with Crippen molar-refractivity contribution >= 4 is 11.3 Å². The Balaban J connectivity index is 1.51. The fraction of sp³-hybridized carbons (Fsp3) is 0.263. The van der Waals surface area contributed by atoms with E-state index in [1.165, 1.54) is 22.5 Å². The molecular weight excluding hydrogens is 284 g/mol. The van der Waals surface area contributed by atoms with Crippen LogP contribution in [0.4, 0.5) is 0 Å². The lowest BCUT2D eigenvalue weighted by Gasteiger charge is -1.94. The van der Waals surface area contributed by atoms with Crippen molar-refractivity contribution in [1.29, 1.82) is 0 Å². The summed E-state index contributed by atoms with van der Waals surface area (Å²) in [5, 5.41) is 0. The summed E-state index contributed by atoms with van der Waals surface area (Å²) in [6.07, 6.45) is 9.64. The highest BCUT2D eigenvalue weighted by molar-refractivity contribution is 5.51. The molecule has 1 fully saturated rings. The number of pyridine rings is 2. The maximum atomic E-state index is 4.85. The van der Waals surface area contributed by atoms with Gasteiger partial charge in [0.25, 0.3) is 0 Å². The minimum absolute atomic E-state index is 0.500. The van der Waals surface area contributed by atoms with Gasteiger partial charge in [-0.3, -0.25) is 0 Å². The quantitative estimate of drug-likeness (QED) is 0.563. The van der Waals surface area contributed by atoms with Crippen LogP contribution < -0.4 is 0 Å². The Bertz CT molecular complexity index is 956. The Labute approximate surface area is 134 Å². The molecule has 114 valence electrons. The molecule has 2 atom stereocenters. The van der Waals surface area contributed by atoms with Gasteiger partial charge < -0.3 is 8.80 Å². The Morgan fingerprint density at radius 1 is 0.826 bits per heavy atom. The Kier molecular flexibility index (Phi) is 2.49. The molecule has 1 aliphatic carbocycles. The summed E-state index contributed by atoms with van der Waals surface area (Å²) in [6.45, 7) is 4.22. The van der Waals surface area contributed by atoms with Crippen LogP contribution in [-0.4, -0.2) is 18.8 Å². The van der Waals surface area contributed by atoms with Crippen LogP contribution in [0.2, 0.25) is 0 Å². The smallest absolute Gasteiger partial charge is 0.139 e. The third-order valence-electron chi connectivity index (χ3n) is 4.94. The van der Waals surface area contributed by atoms with Crippen LogP contribution in [0.25, 0.3) is 11.3 Å². The van der Waals surface area contributed by atoms with E-state index in [-0.39, 0.29) is 0 Å². The maximum Gasteiger partial charge on any atom is 0.139 e. The molecule has 0 saturated heterocycles. The van der Waals surface area contributed by atoms with E-state index in [0.29, 0.717) is 11.8 Å². The van der Waals surface area contributed by atoms with Gasteiger partial charge >= 0.3 is 0 Å². The van der Waals surface area contributed by atoms with E-state index in [1.807, 2.05) is 0 Å². The van der Waals surface area contributed by atoms with Crippen LogP contribution in [-0.2, 0) is 0 Å². The monoisotopic (exact) mass is 302 g/mol. The van der Waals surface area contributed by atoms with Crippen molar-refractivity contribution in [1.82, 2.24) is 18.8 Å². The Morgan fingerprint density at radius 3 is 1.74 bits per heavy atom. The zero-order chi connectivity index (χ0) is 15.6. The molecule has 1 aliphatic rings. The molecule has 0 N–H and O–H groups in total. The number of aryl methyl sites for hydroxylation is 2. The van der Waals surface area contributed by atoms with E-state index >= 15 is 0 Å². The lowest BCUT2D eigenvalue weighted by atomic mass is 10.2. The fourth-order valence-electron chi connectivity index (χ4n) is 3.55. The number of nitrogens with zero attached hydrogens (tertiary/aromatic N) is 4. The van der Waals surface area contributed by atoms with Crippen LogP contribution in [0.5, 0.6) is 0 Å².